The second-order valence-corrected chi connectivity index (χ2v) is 6.68. The fraction of sp³-hybridized carbons (Fsp3) is 0.571. The smallest absolute Gasteiger partial charge is 0.308 e. The van der Waals surface area contributed by atoms with Gasteiger partial charge in [0.15, 0.2) is 0 Å². The first kappa shape index (κ1) is 14.7. The van der Waals surface area contributed by atoms with Crippen molar-refractivity contribution >= 4 is 7.60 Å². The minimum atomic E-state index is -2.97. The highest BCUT2D eigenvalue weighted by Gasteiger charge is 2.28. The third-order valence-corrected chi connectivity index (χ3v) is 5.28. The van der Waals surface area contributed by atoms with Crippen LogP contribution in [0.2, 0.25) is 0 Å². The Labute approximate surface area is 115 Å². The van der Waals surface area contributed by atoms with Crippen LogP contribution in [0.4, 0.5) is 0 Å². The second kappa shape index (κ2) is 6.67. The Bertz CT molecular complexity index is 454. The van der Waals surface area contributed by atoms with E-state index in [2.05, 4.69) is 23.1 Å². The summed E-state index contributed by atoms with van der Waals surface area (Å²) in [6.07, 6.45) is 1.37. The maximum absolute atomic E-state index is 12.5. The first-order valence-electron chi connectivity index (χ1n) is 6.84. The van der Waals surface area contributed by atoms with Crippen LogP contribution in [0.15, 0.2) is 24.3 Å². The van der Waals surface area contributed by atoms with Gasteiger partial charge < -0.3 is 9.05 Å². The molecule has 0 N–H and O–H groups in total. The van der Waals surface area contributed by atoms with Crippen molar-refractivity contribution in [3.8, 4) is 0 Å². The minimum absolute atomic E-state index is 0.378. The topological polar surface area (TPSA) is 38.8 Å². The van der Waals surface area contributed by atoms with Gasteiger partial charge in [0, 0.05) is 13.1 Å². The van der Waals surface area contributed by atoms with Crippen LogP contribution in [0, 0.1) is 0 Å². The molecule has 0 unspecified atom stereocenters. The van der Waals surface area contributed by atoms with E-state index in [1.807, 2.05) is 19.9 Å². The molecular weight excluding hydrogens is 261 g/mol. The molecule has 1 aromatic carbocycles. The molecule has 106 valence electrons. The Kier molecular flexibility index (Phi) is 5.17. The van der Waals surface area contributed by atoms with Crippen LogP contribution in [0.3, 0.4) is 0 Å². The molecule has 0 aromatic heterocycles. The molecule has 0 amide bonds. The Morgan fingerprint density at radius 2 is 1.79 bits per heavy atom. The average Bonchev–Trinajstić information content (AvgIpc) is 2.39. The lowest BCUT2D eigenvalue weighted by molar-refractivity contribution is 0.191. The molecule has 0 fully saturated rings. The van der Waals surface area contributed by atoms with E-state index in [4.69, 9.17) is 9.05 Å². The summed E-state index contributed by atoms with van der Waals surface area (Å²) in [5.74, 6) is 0. The zero-order chi connectivity index (χ0) is 13.7. The fourth-order valence-corrected chi connectivity index (χ4v) is 4.19. The van der Waals surface area contributed by atoms with E-state index in [1.165, 1.54) is 11.1 Å². The van der Waals surface area contributed by atoms with E-state index >= 15 is 0 Å². The van der Waals surface area contributed by atoms with Crippen molar-refractivity contribution in [1.29, 1.82) is 0 Å². The molecule has 1 aliphatic rings. The molecule has 5 heteroatoms. The van der Waals surface area contributed by atoms with Gasteiger partial charge in [-0.1, -0.05) is 24.3 Å². The van der Waals surface area contributed by atoms with Crippen molar-refractivity contribution in [2.75, 3.05) is 26.0 Å². The van der Waals surface area contributed by atoms with Crippen LogP contribution in [0.25, 0.3) is 0 Å². The lowest BCUT2D eigenvalue weighted by Crippen LogP contribution is -2.32. The van der Waals surface area contributed by atoms with Gasteiger partial charge in [0.2, 0.25) is 0 Å². The summed E-state index contributed by atoms with van der Waals surface area (Å²) >= 11 is 0. The first-order chi connectivity index (χ1) is 9.17. The molecule has 0 saturated carbocycles. The first-order valence-corrected chi connectivity index (χ1v) is 8.57. The van der Waals surface area contributed by atoms with Gasteiger partial charge >= 0.3 is 7.60 Å². The summed E-state index contributed by atoms with van der Waals surface area (Å²) in [6, 6.07) is 8.41. The van der Waals surface area contributed by atoms with E-state index in [-0.39, 0.29) is 0 Å². The highest BCUT2D eigenvalue weighted by molar-refractivity contribution is 7.53. The lowest BCUT2D eigenvalue weighted by atomic mass is 10.0. The maximum atomic E-state index is 12.5. The Balaban J connectivity index is 2.02. The molecule has 19 heavy (non-hydrogen) atoms. The third kappa shape index (κ3) is 3.90. The van der Waals surface area contributed by atoms with Crippen molar-refractivity contribution in [3.05, 3.63) is 35.4 Å². The van der Waals surface area contributed by atoms with Crippen LogP contribution < -0.4 is 0 Å². The van der Waals surface area contributed by atoms with Gasteiger partial charge in [-0.3, -0.25) is 9.46 Å². The van der Waals surface area contributed by atoms with Crippen LogP contribution in [0.5, 0.6) is 0 Å². The zero-order valence-electron chi connectivity index (χ0n) is 11.7. The highest BCUT2D eigenvalue weighted by atomic mass is 31.2. The molecule has 1 heterocycles. The van der Waals surface area contributed by atoms with Crippen molar-refractivity contribution in [3.63, 3.8) is 0 Å². The van der Waals surface area contributed by atoms with Crippen molar-refractivity contribution in [2.24, 2.45) is 0 Å². The molecule has 0 radical (unpaired) electrons. The van der Waals surface area contributed by atoms with Gasteiger partial charge in [0.1, 0.15) is 6.29 Å². The summed E-state index contributed by atoms with van der Waals surface area (Å²) in [5.41, 5.74) is 2.70. The number of nitrogens with zero attached hydrogens (tertiary/aromatic N) is 1. The van der Waals surface area contributed by atoms with Gasteiger partial charge in [-0.05, 0) is 31.4 Å². The van der Waals surface area contributed by atoms with Gasteiger partial charge in [-0.15, -0.1) is 0 Å². The summed E-state index contributed by atoms with van der Waals surface area (Å²) in [4.78, 5) is 2.16. The van der Waals surface area contributed by atoms with Gasteiger partial charge in [0.25, 0.3) is 0 Å². The standard InChI is InChI=1S/C14H22NO3P/c1-3-17-19(16,18-4-2)12-15-10-9-13-7-5-6-8-14(13)11-15/h5-8H,3-4,9-12H2,1-2H3. The minimum Gasteiger partial charge on any atom is -0.308 e. The molecule has 0 bridgehead atoms. The Morgan fingerprint density at radius 1 is 1.16 bits per heavy atom. The quantitative estimate of drug-likeness (QED) is 0.751. The van der Waals surface area contributed by atoms with Crippen LogP contribution in [-0.4, -0.2) is 30.9 Å². The normalized spacial score (nSPS) is 16.3. The molecule has 0 spiro atoms. The van der Waals surface area contributed by atoms with Gasteiger partial charge in [-0.2, -0.15) is 0 Å². The molecule has 4 nitrogen and oxygen atoms in total. The lowest BCUT2D eigenvalue weighted by Gasteiger charge is -2.31. The second-order valence-electron chi connectivity index (χ2n) is 4.66. The maximum Gasteiger partial charge on any atom is 0.344 e. The average molecular weight is 283 g/mol. The van der Waals surface area contributed by atoms with E-state index in [0.717, 1.165) is 19.5 Å². The summed E-state index contributed by atoms with van der Waals surface area (Å²) in [7, 11) is -2.97. The summed E-state index contributed by atoms with van der Waals surface area (Å²) in [6.45, 7) is 6.25. The summed E-state index contributed by atoms with van der Waals surface area (Å²) < 4.78 is 23.2. The van der Waals surface area contributed by atoms with Crippen LogP contribution in [0.1, 0.15) is 25.0 Å². The molecular formula is C14H22NO3P. The van der Waals surface area contributed by atoms with Gasteiger partial charge in [0.05, 0.1) is 13.2 Å². The van der Waals surface area contributed by atoms with Crippen LogP contribution in [-0.2, 0) is 26.6 Å². The fourth-order valence-electron chi connectivity index (χ4n) is 2.43. The number of hydrogen-bond donors (Lipinski definition) is 0. The monoisotopic (exact) mass is 283 g/mol. The molecule has 1 aromatic rings. The molecule has 2 rings (SSSR count). The number of fused-ring (bicyclic) bond motifs is 1. The number of rotatable bonds is 6. The molecule has 0 aliphatic carbocycles. The van der Waals surface area contributed by atoms with Crippen molar-refractivity contribution < 1.29 is 13.6 Å². The van der Waals surface area contributed by atoms with E-state index in [0.29, 0.717) is 19.5 Å². The summed E-state index contributed by atoms with van der Waals surface area (Å²) in [5, 5.41) is 0. The number of benzene rings is 1. The molecule has 0 atom stereocenters. The van der Waals surface area contributed by atoms with Gasteiger partial charge in [-0.25, -0.2) is 0 Å². The molecule has 1 aliphatic heterocycles. The van der Waals surface area contributed by atoms with Crippen molar-refractivity contribution in [2.45, 2.75) is 26.8 Å². The third-order valence-electron chi connectivity index (χ3n) is 3.23. The highest BCUT2D eigenvalue weighted by Crippen LogP contribution is 2.49. The van der Waals surface area contributed by atoms with Crippen molar-refractivity contribution in [1.82, 2.24) is 4.90 Å². The Hall–Kier alpha value is -0.670. The van der Waals surface area contributed by atoms with E-state index in [1.54, 1.807) is 0 Å². The predicted octanol–water partition coefficient (Wildman–Crippen LogP) is 3.27. The Morgan fingerprint density at radius 3 is 2.42 bits per heavy atom. The zero-order valence-corrected chi connectivity index (χ0v) is 12.6. The van der Waals surface area contributed by atoms with E-state index in [9.17, 15) is 4.57 Å². The number of hydrogen-bond acceptors (Lipinski definition) is 4. The van der Waals surface area contributed by atoms with Crippen LogP contribution >= 0.6 is 7.60 Å². The van der Waals surface area contributed by atoms with E-state index < -0.39 is 7.60 Å². The predicted molar refractivity (Wildman–Crippen MR) is 76.3 cm³/mol. The SMILES string of the molecule is CCOP(=O)(CN1CCc2ccccc2C1)OCC. The molecule has 0 saturated heterocycles. The largest absolute Gasteiger partial charge is 0.344 e.